The average molecular weight is 301 g/mol. The van der Waals surface area contributed by atoms with Crippen LogP contribution in [-0.2, 0) is 6.42 Å². The number of anilines is 1. The number of nitrogens with zero attached hydrogens (tertiary/aromatic N) is 3. The van der Waals surface area contributed by atoms with E-state index in [1.807, 2.05) is 43.5 Å². The van der Waals surface area contributed by atoms with Crippen LogP contribution in [0.5, 0.6) is 0 Å². The molecule has 2 amide bonds. The van der Waals surface area contributed by atoms with Gasteiger partial charge in [-0.1, -0.05) is 29.5 Å². The van der Waals surface area contributed by atoms with Crippen molar-refractivity contribution in [1.29, 1.82) is 0 Å². The molecule has 0 radical (unpaired) electrons. The Balaban J connectivity index is 1.49. The van der Waals surface area contributed by atoms with E-state index in [1.54, 1.807) is 15.9 Å². The van der Waals surface area contributed by atoms with E-state index in [2.05, 4.69) is 20.7 Å². The Labute approximate surface area is 125 Å². The van der Waals surface area contributed by atoms with Crippen molar-refractivity contribution >= 4 is 28.0 Å². The summed E-state index contributed by atoms with van der Waals surface area (Å²) >= 11 is 1.56. The van der Waals surface area contributed by atoms with E-state index in [0.717, 1.165) is 21.3 Å². The summed E-state index contributed by atoms with van der Waals surface area (Å²) < 4.78 is 1.78. The largest absolute Gasteiger partial charge is 0.337 e. The van der Waals surface area contributed by atoms with Crippen molar-refractivity contribution in [3.05, 3.63) is 47.2 Å². The number of hydrogen-bond acceptors (Lipinski definition) is 4. The van der Waals surface area contributed by atoms with Gasteiger partial charge in [0.15, 0.2) is 0 Å². The fourth-order valence-corrected chi connectivity index (χ4v) is 2.71. The summed E-state index contributed by atoms with van der Waals surface area (Å²) in [6, 6.07) is 9.14. The minimum atomic E-state index is -0.212. The van der Waals surface area contributed by atoms with Crippen molar-refractivity contribution in [3.63, 3.8) is 0 Å². The predicted molar refractivity (Wildman–Crippen MR) is 82.8 cm³/mol. The lowest BCUT2D eigenvalue weighted by Gasteiger charge is -2.06. The minimum absolute atomic E-state index is 0.212. The van der Waals surface area contributed by atoms with E-state index in [9.17, 15) is 4.79 Å². The van der Waals surface area contributed by atoms with Gasteiger partial charge in [0.1, 0.15) is 5.01 Å². The van der Waals surface area contributed by atoms with E-state index in [-0.39, 0.29) is 6.03 Å². The molecule has 0 aliphatic carbocycles. The van der Waals surface area contributed by atoms with Crippen molar-refractivity contribution in [3.8, 4) is 0 Å². The van der Waals surface area contributed by atoms with Gasteiger partial charge in [0.2, 0.25) is 4.96 Å². The molecule has 2 N–H and O–H groups in total. The van der Waals surface area contributed by atoms with Gasteiger partial charge in [-0.15, -0.1) is 0 Å². The number of para-hydroxylation sites is 1. The highest BCUT2D eigenvalue weighted by molar-refractivity contribution is 7.16. The molecule has 0 fully saturated rings. The maximum Gasteiger partial charge on any atom is 0.319 e. The maximum absolute atomic E-state index is 11.7. The van der Waals surface area contributed by atoms with Gasteiger partial charge in [0.05, 0.1) is 11.9 Å². The Bertz CT molecular complexity index is 718. The zero-order chi connectivity index (χ0) is 14.7. The van der Waals surface area contributed by atoms with Crippen LogP contribution in [-0.4, -0.2) is 27.2 Å². The number of urea groups is 1. The van der Waals surface area contributed by atoms with Crippen LogP contribution in [0.4, 0.5) is 10.5 Å². The summed E-state index contributed by atoms with van der Waals surface area (Å²) in [5.41, 5.74) is 1.70. The standard InChI is InChI=1S/C14H15N5OS/c1-10-18-19-9-12(17-14(19)21-10)7-8-15-13(20)16-11-5-3-2-4-6-11/h2-6,9H,7-8H2,1H3,(H2,15,16,20). The molecule has 7 heteroatoms. The highest BCUT2D eigenvalue weighted by atomic mass is 32.1. The zero-order valence-electron chi connectivity index (χ0n) is 11.5. The fraction of sp³-hybridized carbons (Fsp3) is 0.214. The van der Waals surface area contributed by atoms with Crippen molar-refractivity contribution in [2.75, 3.05) is 11.9 Å². The number of fused-ring (bicyclic) bond motifs is 1. The van der Waals surface area contributed by atoms with E-state index in [1.165, 1.54) is 0 Å². The first-order valence-corrected chi connectivity index (χ1v) is 7.44. The van der Waals surface area contributed by atoms with Crippen LogP contribution in [0.15, 0.2) is 36.5 Å². The molecule has 6 nitrogen and oxygen atoms in total. The quantitative estimate of drug-likeness (QED) is 0.777. The lowest BCUT2D eigenvalue weighted by Crippen LogP contribution is -2.30. The molecule has 3 aromatic rings. The van der Waals surface area contributed by atoms with Gasteiger partial charge in [-0.05, 0) is 19.1 Å². The van der Waals surface area contributed by atoms with E-state index in [4.69, 9.17) is 0 Å². The number of nitrogens with one attached hydrogen (secondary N) is 2. The summed E-state index contributed by atoms with van der Waals surface area (Å²) in [4.78, 5) is 17.1. The van der Waals surface area contributed by atoms with Crippen LogP contribution in [0.3, 0.4) is 0 Å². The highest BCUT2D eigenvalue weighted by Crippen LogP contribution is 2.13. The van der Waals surface area contributed by atoms with E-state index >= 15 is 0 Å². The Hall–Kier alpha value is -2.41. The van der Waals surface area contributed by atoms with Gasteiger partial charge in [-0.25, -0.2) is 14.3 Å². The SMILES string of the molecule is Cc1nn2cc(CCNC(=O)Nc3ccccc3)nc2s1. The van der Waals surface area contributed by atoms with Gasteiger partial charge in [0, 0.05) is 18.7 Å². The van der Waals surface area contributed by atoms with Gasteiger partial charge in [-0.2, -0.15) is 5.10 Å². The topological polar surface area (TPSA) is 71.3 Å². The molecule has 0 aliphatic heterocycles. The monoisotopic (exact) mass is 301 g/mol. The minimum Gasteiger partial charge on any atom is -0.337 e. The number of carbonyl (C=O) groups excluding carboxylic acids is 1. The summed E-state index contributed by atoms with van der Waals surface area (Å²) in [6.45, 7) is 2.48. The molecule has 0 atom stereocenters. The lowest BCUT2D eigenvalue weighted by atomic mass is 10.3. The fourth-order valence-electron chi connectivity index (χ4n) is 1.97. The summed E-state index contributed by atoms with van der Waals surface area (Å²) in [5, 5.41) is 10.9. The Morgan fingerprint density at radius 2 is 2.14 bits per heavy atom. The second kappa shape index (κ2) is 5.92. The summed E-state index contributed by atoms with van der Waals surface area (Å²) in [5.74, 6) is 0. The molecule has 21 heavy (non-hydrogen) atoms. The molecule has 0 saturated carbocycles. The highest BCUT2D eigenvalue weighted by Gasteiger charge is 2.06. The van der Waals surface area contributed by atoms with Crippen LogP contribution in [0.1, 0.15) is 10.7 Å². The molecule has 0 unspecified atom stereocenters. The van der Waals surface area contributed by atoms with Gasteiger partial charge in [0.25, 0.3) is 0 Å². The van der Waals surface area contributed by atoms with E-state index in [0.29, 0.717) is 13.0 Å². The number of hydrogen-bond donors (Lipinski definition) is 2. The Kier molecular flexibility index (Phi) is 3.83. The van der Waals surface area contributed by atoms with E-state index < -0.39 is 0 Å². The number of rotatable bonds is 4. The molecule has 3 rings (SSSR count). The van der Waals surface area contributed by atoms with Crippen molar-refractivity contribution < 1.29 is 4.79 Å². The summed E-state index contributed by atoms with van der Waals surface area (Å²) in [7, 11) is 0. The van der Waals surface area contributed by atoms with Crippen LogP contribution < -0.4 is 10.6 Å². The third kappa shape index (κ3) is 3.38. The number of imidazole rings is 1. The van der Waals surface area contributed by atoms with Gasteiger partial charge >= 0.3 is 6.03 Å². The smallest absolute Gasteiger partial charge is 0.319 e. The average Bonchev–Trinajstić information content (AvgIpc) is 2.96. The second-order valence-corrected chi connectivity index (χ2v) is 5.74. The number of amides is 2. The number of aryl methyl sites for hydroxylation is 1. The molecule has 1 aromatic carbocycles. The third-order valence-corrected chi connectivity index (χ3v) is 3.73. The molecule has 0 spiro atoms. The molecule has 0 aliphatic rings. The third-order valence-electron chi connectivity index (χ3n) is 2.89. The molecule has 0 saturated heterocycles. The molecular weight excluding hydrogens is 286 g/mol. The number of carbonyl (C=O) groups is 1. The van der Waals surface area contributed by atoms with Gasteiger partial charge in [-0.3, -0.25) is 0 Å². The first-order chi connectivity index (χ1) is 10.2. The Morgan fingerprint density at radius 1 is 1.33 bits per heavy atom. The normalized spacial score (nSPS) is 10.7. The number of aromatic nitrogens is 3. The molecule has 2 heterocycles. The van der Waals surface area contributed by atoms with Crippen LogP contribution in [0.25, 0.3) is 4.96 Å². The molecule has 0 bridgehead atoms. The van der Waals surface area contributed by atoms with Gasteiger partial charge < -0.3 is 10.6 Å². The lowest BCUT2D eigenvalue weighted by molar-refractivity contribution is 0.252. The van der Waals surface area contributed by atoms with Crippen LogP contribution >= 0.6 is 11.3 Å². The van der Waals surface area contributed by atoms with Crippen molar-refractivity contribution in [2.45, 2.75) is 13.3 Å². The first-order valence-electron chi connectivity index (χ1n) is 6.62. The first kappa shape index (κ1) is 13.6. The predicted octanol–water partition coefficient (Wildman–Crippen LogP) is 2.46. The van der Waals surface area contributed by atoms with Crippen molar-refractivity contribution in [2.24, 2.45) is 0 Å². The van der Waals surface area contributed by atoms with Crippen LogP contribution in [0.2, 0.25) is 0 Å². The van der Waals surface area contributed by atoms with Crippen LogP contribution in [0, 0.1) is 6.92 Å². The Morgan fingerprint density at radius 3 is 2.90 bits per heavy atom. The molecule has 2 aromatic heterocycles. The zero-order valence-corrected chi connectivity index (χ0v) is 12.4. The molecular formula is C14H15N5OS. The summed E-state index contributed by atoms with van der Waals surface area (Å²) in [6.07, 6.45) is 2.58. The van der Waals surface area contributed by atoms with Crippen molar-refractivity contribution in [1.82, 2.24) is 19.9 Å². The molecule has 108 valence electrons. The number of benzene rings is 1. The second-order valence-electron chi connectivity index (χ2n) is 4.58. The maximum atomic E-state index is 11.7.